The summed E-state index contributed by atoms with van der Waals surface area (Å²) < 4.78 is 18.9. The highest BCUT2D eigenvalue weighted by Gasteiger charge is 2.08. The van der Waals surface area contributed by atoms with E-state index in [2.05, 4.69) is 15.9 Å². The molecule has 1 unspecified atom stereocenters. The lowest BCUT2D eigenvalue weighted by Crippen LogP contribution is -2.17. The van der Waals surface area contributed by atoms with Crippen LogP contribution in [0.15, 0.2) is 22.7 Å². The maximum atomic E-state index is 13.2. The minimum atomic E-state index is -0.293. The van der Waals surface area contributed by atoms with Crippen molar-refractivity contribution in [3.05, 3.63) is 34.1 Å². The molecule has 0 aromatic heterocycles. The van der Waals surface area contributed by atoms with Gasteiger partial charge in [0.25, 0.3) is 0 Å². The minimum absolute atomic E-state index is 0.265. The van der Waals surface area contributed by atoms with Crippen molar-refractivity contribution in [1.29, 1.82) is 0 Å². The van der Waals surface area contributed by atoms with Crippen LogP contribution in [0, 0.1) is 5.82 Å². The average Bonchev–Trinajstić information content (AvgIpc) is 2.22. The predicted octanol–water partition coefficient (Wildman–Crippen LogP) is 3.01. The van der Waals surface area contributed by atoms with E-state index < -0.39 is 0 Å². The fourth-order valence-corrected chi connectivity index (χ4v) is 1.44. The Hall–Kier alpha value is -0.450. The fraction of sp³-hybridized carbons (Fsp3) is 0.455. The van der Waals surface area contributed by atoms with E-state index in [0.29, 0.717) is 17.7 Å². The summed E-state index contributed by atoms with van der Waals surface area (Å²) in [4.78, 5) is 0. The van der Waals surface area contributed by atoms with Gasteiger partial charge in [-0.15, -0.1) is 0 Å². The Bertz CT molecular complexity index is 319. The van der Waals surface area contributed by atoms with Crippen LogP contribution in [0.4, 0.5) is 4.39 Å². The van der Waals surface area contributed by atoms with Gasteiger partial charge in [0, 0.05) is 6.61 Å². The Kier molecular flexibility index (Phi) is 5.22. The molecule has 0 aliphatic carbocycles. The smallest absolute Gasteiger partial charge is 0.137 e. The van der Waals surface area contributed by atoms with Gasteiger partial charge in [-0.3, -0.25) is 0 Å². The first-order valence-corrected chi connectivity index (χ1v) is 5.72. The Morgan fingerprint density at radius 2 is 2.27 bits per heavy atom. The van der Waals surface area contributed by atoms with Gasteiger partial charge in [-0.05, 0) is 40.0 Å². The van der Waals surface area contributed by atoms with Crippen molar-refractivity contribution in [2.45, 2.75) is 19.4 Å². The topological polar surface area (TPSA) is 35.2 Å². The Morgan fingerprint density at radius 1 is 1.53 bits per heavy atom. The van der Waals surface area contributed by atoms with Gasteiger partial charge in [0.05, 0.1) is 17.1 Å². The van der Waals surface area contributed by atoms with E-state index in [0.717, 1.165) is 12.0 Å². The van der Waals surface area contributed by atoms with E-state index in [1.807, 2.05) is 6.92 Å². The van der Waals surface area contributed by atoms with Crippen LogP contribution in [0.5, 0.6) is 0 Å². The van der Waals surface area contributed by atoms with Crippen LogP contribution in [0.2, 0.25) is 0 Å². The number of halogens is 2. The van der Waals surface area contributed by atoms with E-state index in [9.17, 15) is 4.39 Å². The first-order valence-electron chi connectivity index (χ1n) is 4.93. The second-order valence-electron chi connectivity index (χ2n) is 3.35. The van der Waals surface area contributed by atoms with Gasteiger partial charge < -0.3 is 10.5 Å². The lowest BCUT2D eigenvalue weighted by molar-refractivity contribution is 0.121. The molecule has 1 aromatic carbocycles. The second-order valence-corrected chi connectivity index (χ2v) is 4.21. The summed E-state index contributed by atoms with van der Waals surface area (Å²) in [5, 5.41) is 0. The zero-order valence-electron chi connectivity index (χ0n) is 8.67. The molecule has 0 aliphatic heterocycles. The molecule has 0 saturated heterocycles. The Morgan fingerprint density at radius 3 is 2.87 bits per heavy atom. The van der Waals surface area contributed by atoms with Crippen molar-refractivity contribution in [3.8, 4) is 0 Å². The molecule has 2 nitrogen and oxygen atoms in total. The van der Waals surface area contributed by atoms with E-state index in [1.54, 1.807) is 12.1 Å². The molecule has 2 N–H and O–H groups in total. The number of rotatable bonds is 5. The summed E-state index contributed by atoms with van der Waals surface area (Å²) in [5.74, 6) is -0.293. The van der Waals surface area contributed by atoms with Gasteiger partial charge in [0.1, 0.15) is 5.82 Å². The van der Waals surface area contributed by atoms with Crippen LogP contribution in [-0.2, 0) is 4.74 Å². The molecule has 0 radical (unpaired) electrons. The Labute approximate surface area is 97.7 Å². The van der Waals surface area contributed by atoms with Crippen molar-refractivity contribution in [3.63, 3.8) is 0 Å². The van der Waals surface area contributed by atoms with Crippen molar-refractivity contribution >= 4 is 15.9 Å². The molecule has 1 rings (SSSR count). The fourth-order valence-electron chi connectivity index (χ4n) is 1.19. The molecule has 0 bridgehead atoms. The molecule has 84 valence electrons. The molecule has 0 saturated carbocycles. The summed E-state index contributed by atoms with van der Waals surface area (Å²) in [6.45, 7) is 3.15. The number of hydrogen-bond acceptors (Lipinski definition) is 2. The molecule has 1 aromatic rings. The normalized spacial score (nSPS) is 12.8. The summed E-state index contributed by atoms with van der Waals surface area (Å²) in [7, 11) is 0. The zero-order chi connectivity index (χ0) is 11.3. The van der Waals surface area contributed by atoms with Crippen molar-refractivity contribution in [2.24, 2.45) is 5.73 Å². The summed E-state index contributed by atoms with van der Waals surface area (Å²) in [6.07, 6.45) is 0.960. The molecule has 1 atom stereocenters. The maximum Gasteiger partial charge on any atom is 0.137 e. The van der Waals surface area contributed by atoms with Crippen LogP contribution in [0.1, 0.15) is 24.9 Å². The highest BCUT2D eigenvalue weighted by atomic mass is 79.9. The first-order chi connectivity index (χ1) is 7.15. The third-order valence-electron chi connectivity index (χ3n) is 2.02. The largest absolute Gasteiger partial charge is 0.379 e. The van der Waals surface area contributed by atoms with Crippen LogP contribution in [0.25, 0.3) is 0 Å². The van der Waals surface area contributed by atoms with Crippen LogP contribution in [-0.4, -0.2) is 13.2 Å². The van der Waals surface area contributed by atoms with E-state index >= 15 is 0 Å². The summed E-state index contributed by atoms with van der Waals surface area (Å²) in [6, 6.07) is 4.63. The number of nitrogens with two attached hydrogens (primary N) is 1. The van der Waals surface area contributed by atoms with Crippen LogP contribution < -0.4 is 5.73 Å². The SMILES string of the molecule is CCCOCC(N)c1ccc(Br)c(F)c1. The lowest BCUT2D eigenvalue weighted by atomic mass is 10.1. The molecule has 0 spiro atoms. The van der Waals surface area contributed by atoms with Gasteiger partial charge >= 0.3 is 0 Å². The van der Waals surface area contributed by atoms with Gasteiger partial charge in [0.15, 0.2) is 0 Å². The standard InChI is InChI=1S/C11H15BrFNO/c1-2-5-15-7-11(14)8-3-4-9(12)10(13)6-8/h3-4,6,11H,2,5,7,14H2,1H3. The lowest BCUT2D eigenvalue weighted by Gasteiger charge is -2.12. The number of benzene rings is 1. The molecule has 15 heavy (non-hydrogen) atoms. The van der Waals surface area contributed by atoms with E-state index in [4.69, 9.17) is 10.5 Å². The van der Waals surface area contributed by atoms with Crippen molar-refractivity contribution in [1.82, 2.24) is 0 Å². The number of hydrogen-bond donors (Lipinski definition) is 1. The second kappa shape index (κ2) is 6.20. The molecular formula is C11H15BrFNO. The van der Waals surface area contributed by atoms with Gasteiger partial charge in [-0.1, -0.05) is 13.0 Å². The van der Waals surface area contributed by atoms with Crippen LogP contribution in [0.3, 0.4) is 0 Å². The molecule has 4 heteroatoms. The van der Waals surface area contributed by atoms with E-state index in [1.165, 1.54) is 6.07 Å². The van der Waals surface area contributed by atoms with Gasteiger partial charge in [0.2, 0.25) is 0 Å². The third kappa shape index (κ3) is 3.89. The van der Waals surface area contributed by atoms with Crippen LogP contribution >= 0.6 is 15.9 Å². The van der Waals surface area contributed by atoms with E-state index in [-0.39, 0.29) is 11.9 Å². The minimum Gasteiger partial charge on any atom is -0.379 e. The quantitative estimate of drug-likeness (QED) is 0.839. The Balaban J connectivity index is 2.57. The highest BCUT2D eigenvalue weighted by Crippen LogP contribution is 2.19. The molecule has 0 aliphatic rings. The molecular weight excluding hydrogens is 261 g/mol. The van der Waals surface area contributed by atoms with Gasteiger partial charge in [-0.2, -0.15) is 0 Å². The maximum absolute atomic E-state index is 13.2. The monoisotopic (exact) mass is 275 g/mol. The van der Waals surface area contributed by atoms with Crippen molar-refractivity contribution < 1.29 is 9.13 Å². The van der Waals surface area contributed by atoms with Crippen molar-refractivity contribution in [2.75, 3.05) is 13.2 Å². The summed E-state index contributed by atoms with van der Waals surface area (Å²) >= 11 is 3.10. The molecule has 0 heterocycles. The highest BCUT2D eigenvalue weighted by molar-refractivity contribution is 9.10. The summed E-state index contributed by atoms with van der Waals surface area (Å²) in [5.41, 5.74) is 6.60. The molecule has 0 fully saturated rings. The average molecular weight is 276 g/mol. The zero-order valence-corrected chi connectivity index (χ0v) is 10.3. The van der Waals surface area contributed by atoms with Gasteiger partial charge in [-0.25, -0.2) is 4.39 Å². The number of ether oxygens (including phenoxy) is 1. The predicted molar refractivity (Wildman–Crippen MR) is 62.1 cm³/mol. The third-order valence-corrected chi connectivity index (χ3v) is 2.66. The molecule has 0 amide bonds. The first kappa shape index (κ1) is 12.6.